The Morgan fingerprint density at radius 3 is 2.18 bits per heavy atom. The summed E-state index contributed by atoms with van der Waals surface area (Å²) >= 11 is 1.15. The number of carbonyl (C=O) groups excluding carboxylic acids is 1. The number of ether oxygens (including phenoxy) is 4. The van der Waals surface area contributed by atoms with Gasteiger partial charge in [0, 0.05) is 0 Å². The van der Waals surface area contributed by atoms with Crippen LogP contribution in [-0.4, -0.2) is 33.8 Å². The SMILES string of the molecule is COc1ccc(OC)c(SNC(=O)COc2ccc3ccc(OC)cc3c2)c1. The standard InChI is InChI=1S/C21H21NO5S/c1-24-16-6-4-14-5-7-18(11-15(14)10-16)27-13-21(23)22-28-20-12-17(25-2)8-9-19(20)26-3/h4-12H,13H2,1-3H3,(H,22,23). The molecule has 146 valence electrons. The van der Waals surface area contributed by atoms with E-state index in [0.717, 1.165) is 33.4 Å². The summed E-state index contributed by atoms with van der Waals surface area (Å²) in [6.07, 6.45) is 0. The van der Waals surface area contributed by atoms with Gasteiger partial charge in [0.2, 0.25) is 0 Å². The van der Waals surface area contributed by atoms with Crippen LogP contribution in [0.15, 0.2) is 59.5 Å². The average Bonchev–Trinajstić information content (AvgIpc) is 2.75. The number of hydrogen-bond acceptors (Lipinski definition) is 6. The van der Waals surface area contributed by atoms with E-state index in [2.05, 4.69) is 4.72 Å². The Kier molecular flexibility index (Phi) is 6.49. The Morgan fingerprint density at radius 1 is 0.821 bits per heavy atom. The van der Waals surface area contributed by atoms with Crippen LogP contribution in [0.3, 0.4) is 0 Å². The van der Waals surface area contributed by atoms with E-state index in [-0.39, 0.29) is 12.5 Å². The Hall–Kier alpha value is -3.06. The van der Waals surface area contributed by atoms with Crippen LogP contribution in [0.4, 0.5) is 0 Å². The van der Waals surface area contributed by atoms with E-state index in [1.54, 1.807) is 39.5 Å². The number of nitrogens with one attached hydrogen (secondary N) is 1. The Labute approximate surface area is 167 Å². The first-order chi connectivity index (χ1) is 13.6. The summed E-state index contributed by atoms with van der Waals surface area (Å²) in [6.45, 7) is -0.102. The van der Waals surface area contributed by atoms with Crippen LogP contribution in [-0.2, 0) is 4.79 Å². The van der Waals surface area contributed by atoms with Gasteiger partial charge in [0.15, 0.2) is 6.61 Å². The van der Waals surface area contributed by atoms with E-state index >= 15 is 0 Å². The van der Waals surface area contributed by atoms with Crippen LogP contribution < -0.4 is 23.7 Å². The highest BCUT2D eigenvalue weighted by molar-refractivity contribution is 7.98. The Bertz CT molecular complexity index is 976. The van der Waals surface area contributed by atoms with E-state index in [0.29, 0.717) is 17.2 Å². The fraction of sp³-hybridized carbons (Fsp3) is 0.190. The molecule has 0 aliphatic rings. The summed E-state index contributed by atoms with van der Waals surface area (Å²) < 4.78 is 24.1. The first-order valence-electron chi connectivity index (χ1n) is 8.51. The first-order valence-corrected chi connectivity index (χ1v) is 9.33. The van der Waals surface area contributed by atoms with Gasteiger partial charge in [-0.2, -0.15) is 0 Å². The van der Waals surface area contributed by atoms with E-state index < -0.39 is 0 Å². The molecule has 1 N–H and O–H groups in total. The third-order valence-corrected chi connectivity index (χ3v) is 4.90. The van der Waals surface area contributed by atoms with Crippen LogP contribution in [0, 0.1) is 0 Å². The Balaban J connectivity index is 1.59. The van der Waals surface area contributed by atoms with Crippen molar-refractivity contribution < 1.29 is 23.7 Å². The second-order valence-corrected chi connectivity index (χ2v) is 6.66. The lowest BCUT2D eigenvalue weighted by molar-refractivity contribution is -0.121. The lowest BCUT2D eigenvalue weighted by Gasteiger charge is -2.11. The highest BCUT2D eigenvalue weighted by Crippen LogP contribution is 2.31. The van der Waals surface area contributed by atoms with Gasteiger partial charge in [-0.1, -0.05) is 12.1 Å². The largest absolute Gasteiger partial charge is 0.497 e. The molecule has 1 amide bonds. The number of amides is 1. The molecule has 28 heavy (non-hydrogen) atoms. The maximum Gasteiger partial charge on any atom is 0.267 e. The van der Waals surface area contributed by atoms with Crippen LogP contribution in [0.1, 0.15) is 0 Å². The normalized spacial score (nSPS) is 10.4. The fourth-order valence-corrected chi connectivity index (χ4v) is 3.28. The van der Waals surface area contributed by atoms with Crippen molar-refractivity contribution in [2.75, 3.05) is 27.9 Å². The number of carbonyl (C=O) groups is 1. The Morgan fingerprint density at radius 2 is 1.46 bits per heavy atom. The molecule has 0 atom stereocenters. The third-order valence-electron chi connectivity index (χ3n) is 4.03. The number of fused-ring (bicyclic) bond motifs is 1. The second-order valence-electron chi connectivity index (χ2n) is 5.81. The van der Waals surface area contributed by atoms with Crippen molar-refractivity contribution >= 4 is 28.6 Å². The summed E-state index contributed by atoms with van der Waals surface area (Å²) in [5, 5.41) is 2.05. The van der Waals surface area contributed by atoms with Crippen molar-refractivity contribution in [2.24, 2.45) is 0 Å². The van der Waals surface area contributed by atoms with Gasteiger partial charge < -0.3 is 18.9 Å². The zero-order valence-electron chi connectivity index (χ0n) is 15.9. The van der Waals surface area contributed by atoms with E-state index in [9.17, 15) is 4.79 Å². The molecule has 0 aromatic heterocycles. The molecule has 0 saturated carbocycles. The van der Waals surface area contributed by atoms with E-state index in [1.807, 2.05) is 36.4 Å². The highest BCUT2D eigenvalue weighted by atomic mass is 32.2. The van der Waals surface area contributed by atoms with E-state index in [4.69, 9.17) is 18.9 Å². The van der Waals surface area contributed by atoms with Crippen molar-refractivity contribution in [3.05, 3.63) is 54.6 Å². The topological polar surface area (TPSA) is 66.0 Å². The number of rotatable bonds is 8. The summed E-state index contributed by atoms with van der Waals surface area (Å²) in [6, 6.07) is 16.8. The highest BCUT2D eigenvalue weighted by Gasteiger charge is 2.09. The maximum absolute atomic E-state index is 12.2. The summed E-state index contributed by atoms with van der Waals surface area (Å²) in [5.41, 5.74) is 0. The minimum Gasteiger partial charge on any atom is -0.497 e. The molecule has 0 aliphatic carbocycles. The molecular weight excluding hydrogens is 378 g/mol. The minimum absolute atomic E-state index is 0.102. The predicted octanol–water partition coefficient (Wildman–Crippen LogP) is 4.07. The van der Waals surface area contributed by atoms with Gasteiger partial charge >= 0.3 is 0 Å². The number of hydrogen-bond donors (Lipinski definition) is 1. The van der Waals surface area contributed by atoms with Crippen LogP contribution >= 0.6 is 11.9 Å². The molecule has 0 saturated heterocycles. The zero-order valence-corrected chi connectivity index (χ0v) is 16.7. The van der Waals surface area contributed by atoms with Crippen molar-refractivity contribution in [3.8, 4) is 23.0 Å². The molecule has 0 unspecified atom stereocenters. The third kappa shape index (κ3) is 4.80. The van der Waals surface area contributed by atoms with Gasteiger partial charge in [0.25, 0.3) is 5.91 Å². The zero-order chi connectivity index (χ0) is 19.9. The van der Waals surface area contributed by atoms with Gasteiger partial charge in [-0.05, 0) is 65.2 Å². The molecule has 0 bridgehead atoms. The second kappa shape index (κ2) is 9.23. The lowest BCUT2D eigenvalue weighted by Crippen LogP contribution is -2.23. The minimum atomic E-state index is -0.263. The molecule has 0 aliphatic heterocycles. The molecule has 0 radical (unpaired) electrons. The molecule has 0 fully saturated rings. The molecule has 7 heteroatoms. The quantitative estimate of drug-likeness (QED) is 0.576. The number of benzene rings is 3. The molecular formula is C21H21NO5S. The van der Waals surface area contributed by atoms with E-state index in [1.165, 1.54) is 0 Å². The van der Waals surface area contributed by atoms with Crippen molar-refractivity contribution in [3.63, 3.8) is 0 Å². The fourth-order valence-electron chi connectivity index (χ4n) is 2.57. The average molecular weight is 399 g/mol. The van der Waals surface area contributed by atoms with Gasteiger partial charge in [0.05, 0.1) is 26.2 Å². The van der Waals surface area contributed by atoms with Crippen LogP contribution in [0.2, 0.25) is 0 Å². The number of methoxy groups -OCH3 is 3. The smallest absolute Gasteiger partial charge is 0.267 e. The molecule has 6 nitrogen and oxygen atoms in total. The van der Waals surface area contributed by atoms with Crippen LogP contribution in [0.5, 0.6) is 23.0 Å². The first kappa shape index (κ1) is 19.7. The molecule has 0 heterocycles. The van der Waals surface area contributed by atoms with Crippen molar-refractivity contribution in [1.82, 2.24) is 4.72 Å². The van der Waals surface area contributed by atoms with Gasteiger partial charge in [-0.25, -0.2) is 0 Å². The van der Waals surface area contributed by atoms with Gasteiger partial charge in [0.1, 0.15) is 23.0 Å². The van der Waals surface area contributed by atoms with Crippen molar-refractivity contribution in [1.29, 1.82) is 0 Å². The van der Waals surface area contributed by atoms with Crippen LogP contribution in [0.25, 0.3) is 10.8 Å². The molecule has 3 aromatic carbocycles. The van der Waals surface area contributed by atoms with Crippen molar-refractivity contribution in [2.45, 2.75) is 4.90 Å². The monoisotopic (exact) mass is 399 g/mol. The summed E-state index contributed by atoms with van der Waals surface area (Å²) in [7, 11) is 4.79. The summed E-state index contributed by atoms with van der Waals surface area (Å²) in [4.78, 5) is 12.9. The maximum atomic E-state index is 12.2. The van der Waals surface area contributed by atoms with Gasteiger partial charge in [-0.3, -0.25) is 9.52 Å². The molecule has 0 spiro atoms. The predicted molar refractivity (Wildman–Crippen MR) is 110 cm³/mol. The molecule has 3 rings (SSSR count). The van der Waals surface area contributed by atoms with Gasteiger partial charge in [-0.15, -0.1) is 0 Å². The summed E-state index contributed by atoms with van der Waals surface area (Å²) in [5.74, 6) is 2.45. The molecule has 3 aromatic rings. The lowest BCUT2D eigenvalue weighted by atomic mass is 10.1.